The van der Waals surface area contributed by atoms with E-state index in [1.165, 1.54) is 33.7 Å². The Morgan fingerprint density at radius 3 is 2.63 bits per heavy atom. The van der Waals surface area contributed by atoms with Gasteiger partial charge >= 0.3 is 0 Å². The lowest BCUT2D eigenvalue weighted by molar-refractivity contribution is -0.136. The predicted octanol–water partition coefficient (Wildman–Crippen LogP) is 1.87. The number of hydrogen-bond donors (Lipinski definition) is 1. The van der Waals surface area contributed by atoms with Gasteiger partial charge in [-0.15, -0.1) is 0 Å². The predicted molar refractivity (Wildman–Crippen MR) is 130 cm³/mol. The molecule has 1 N–H and O–H groups in total. The lowest BCUT2D eigenvalue weighted by atomic mass is 10.1. The summed E-state index contributed by atoms with van der Waals surface area (Å²) in [6.45, 7) is 4.22. The Hall–Kier alpha value is -3.37. The lowest BCUT2D eigenvalue weighted by Gasteiger charge is -2.24. The SMILES string of the molecule is C=Cc1ccc(C(=O)NCCCCC(=O)N2CCC3C2C(=O)CN3S(=O)(=O)c2cccnc2)cc1. The van der Waals surface area contributed by atoms with Crippen LogP contribution in [-0.2, 0) is 19.6 Å². The zero-order valence-electron chi connectivity index (χ0n) is 19.3. The van der Waals surface area contributed by atoms with Crippen molar-refractivity contribution in [3.05, 3.63) is 66.5 Å². The first kappa shape index (κ1) is 24.7. The van der Waals surface area contributed by atoms with Crippen LogP contribution in [0.2, 0.25) is 0 Å². The minimum atomic E-state index is -3.87. The van der Waals surface area contributed by atoms with Gasteiger partial charge in [0, 0.05) is 37.5 Å². The maximum Gasteiger partial charge on any atom is 0.251 e. The van der Waals surface area contributed by atoms with E-state index in [0.717, 1.165) is 5.56 Å². The van der Waals surface area contributed by atoms with Crippen molar-refractivity contribution in [2.75, 3.05) is 19.6 Å². The molecule has 0 bridgehead atoms. The molecule has 2 atom stereocenters. The summed E-state index contributed by atoms with van der Waals surface area (Å²) >= 11 is 0. The van der Waals surface area contributed by atoms with Gasteiger partial charge in [-0.05, 0) is 49.1 Å². The molecule has 0 spiro atoms. The van der Waals surface area contributed by atoms with Gasteiger partial charge in [-0.1, -0.05) is 24.8 Å². The number of rotatable bonds is 9. The van der Waals surface area contributed by atoms with Crippen molar-refractivity contribution < 1.29 is 22.8 Å². The molecule has 2 unspecified atom stereocenters. The molecule has 184 valence electrons. The third kappa shape index (κ3) is 5.18. The average Bonchev–Trinajstić information content (AvgIpc) is 3.45. The summed E-state index contributed by atoms with van der Waals surface area (Å²) in [5.74, 6) is -0.610. The highest BCUT2D eigenvalue weighted by Gasteiger charge is 2.53. The molecule has 2 saturated heterocycles. The Bertz CT molecular complexity index is 1210. The fourth-order valence-electron chi connectivity index (χ4n) is 4.63. The zero-order chi connectivity index (χ0) is 25.0. The molecule has 10 heteroatoms. The Balaban J connectivity index is 1.27. The summed E-state index contributed by atoms with van der Waals surface area (Å²) in [6.07, 6.45) is 6.27. The minimum absolute atomic E-state index is 0.0388. The van der Waals surface area contributed by atoms with Crippen molar-refractivity contribution in [1.82, 2.24) is 19.5 Å². The number of likely N-dealkylation sites (tertiary alicyclic amines) is 1. The van der Waals surface area contributed by atoms with Crippen LogP contribution in [0.25, 0.3) is 6.08 Å². The van der Waals surface area contributed by atoms with Crippen LogP contribution in [0.5, 0.6) is 0 Å². The molecular weight excluding hydrogens is 468 g/mol. The molecule has 35 heavy (non-hydrogen) atoms. The van der Waals surface area contributed by atoms with Crippen LogP contribution in [0.4, 0.5) is 0 Å². The smallest absolute Gasteiger partial charge is 0.251 e. The summed E-state index contributed by atoms with van der Waals surface area (Å²) in [5.41, 5.74) is 1.49. The van der Waals surface area contributed by atoms with Gasteiger partial charge in [0.05, 0.1) is 12.6 Å². The van der Waals surface area contributed by atoms with Gasteiger partial charge in [0.15, 0.2) is 5.78 Å². The molecule has 2 fully saturated rings. The molecule has 1 aromatic heterocycles. The quantitative estimate of drug-likeness (QED) is 0.530. The first-order chi connectivity index (χ1) is 16.8. The largest absolute Gasteiger partial charge is 0.352 e. The van der Waals surface area contributed by atoms with Crippen LogP contribution in [0.3, 0.4) is 0 Å². The van der Waals surface area contributed by atoms with E-state index >= 15 is 0 Å². The highest BCUT2D eigenvalue weighted by molar-refractivity contribution is 7.89. The van der Waals surface area contributed by atoms with Crippen molar-refractivity contribution in [2.24, 2.45) is 0 Å². The molecule has 9 nitrogen and oxygen atoms in total. The third-order valence-electron chi connectivity index (χ3n) is 6.45. The minimum Gasteiger partial charge on any atom is -0.352 e. The van der Waals surface area contributed by atoms with Crippen molar-refractivity contribution in [1.29, 1.82) is 0 Å². The van der Waals surface area contributed by atoms with Crippen LogP contribution >= 0.6 is 0 Å². The molecule has 2 aliphatic heterocycles. The number of carbonyl (C=O) groups is 3. The molecule has 0 saturated carbocycles. The molecule has 0 radical (unpaired) electrons. The summed E-state index contributed by atoms with van der Waals surface area (Å²) in [5, 5.41) is 2.84. The van der Waals surface area contributed by atoms with Crippen LogP contribution in [-0.4, -0.2) is 71.9 Å². The second-order valence-electron chi connectivity index (χ2n) is 8.63. The zero-order valence-corrected chi connectivity index (χ0v) is 20.1. The van der Waals surface area contributed by atoms with Crippen LogP contribution < -0.4 is 5.32 Å². The molecule has 3 heterocycles. The van der Waals surface area contributed by atoms with E-state index in [-0.39, 0.29) is 35.5 Å². The Labute approximate surface area is 204 Å². The van der Waals surface area contributed by atoms with E-state index in [9.17, 15) is 22.8 Å². The van der Waals surface area contributed by atoms with Gasteiger partial charge in [-0.2, -0.15) is 4.31 Å². The summed E-state index contributed by atoms with van der Waals surface area (Å²) < 4.78 is 27.3. The highest BCUT2D eigenvalue weighted by atomic mass is 32.2. The van der Waals surface area contributed by atoms with E-state index in [4.69, 9.17) is 0 Å². The number of benzene rings is 1. The monoisotopic (exact) mass is 496 g/mol. The van der Waals surface area contributed by atoms with E-state index < -0.39 is 22.1 Å². The van der Waals surface area contributed by atoms with Crippen molar-refractivity contribution in [3.8, 4) is 0 Å². The second-order valence-corrected chi connectivity index (χ2v) is 10.5. The first-order valence-electron chi connectivity index (χ1n) is 11.6. The second kappa shape index (κ2) is 10.5. The number of ketones is 1. The van der Waals surface area contributed by atoms with Gasteiger partial charge in [0.25, 0.3) is 5.91 Å². The number of nitrogens with zero attached hydrogens (tertiary/aromatic N) is 3. The Kier molecular flexibility index (Phi) is 7.42. The highest BCUT2D eigenvalue weighted by Crippen LogP contribution is 2.34. The Morgan fingerprint density at radius 1 is 1.17 bits per heavy atom. The number of sulfonamides is 1. The topological polar surface area (TPSA) is 117 Å². The van der Waals surface area contributed by atoms with Crippen LogP contribution in [0.1, 0.15) is 41.6 Å². The summed E-state index contributed by atoms with van der Waals surface area (Å²) in [7, 11) is -3.87. The van der Waals surface area contributed by atoms with Crippen molar-refractivity contribution >= 4 is 33.7 Å². The number of fused-ring (bicyclic) bond motifs is 1. The van der Waals surface area contributed by atoms with Crippen LogP contribution in [0, 0.1) is 0 Å². The number of Topliss-reactive ketones (excluding diaryl/α,β-unsaturated/α-hetero) is 1. The van der Waals surface area contributed by atoms with Gasteiger partial charge in [-0.25, -0.2) is 8.42 Å². The van der Waals surface area contributed by atoms with Gasteiger partial charge < -0.3 is 10.2 Å². The normalized spacial score (nSPS) is 20.0. The molecule has 2 aromatic rings. The fraction of sp³-hybridized carbons (Fsp3) is 0.360. The molecular formula is C25H28N4O5S. The number of unbranched alkanes of at least 4 members (excludes halogenated alkanes) is 1. The van der Waals surface area contributed by atoms with E-state index in [1.807, 2.05) is 12.1 Å². The number of hydrogen-bond acceptors (Lipinski definition) is 6. The summed E-state index contributed by atoms with van der Waals surface area (Å²) in [4.78, 5) is 43.2. The lowest BCUT2D eigenvalue weighted by Crippen LogP contribution is -2.43. The first-order valence-corrected chi connectivity index (χ1v) is 13.0. The molecule has 4 rings (SSSR count). The van der Waals surface area contributed by atoms with Gasteiger partial charge in [0.2, 0.25) is 15.9 Å². The number of amides is 2. The van der Waals surface area contributed by atoms with E-state index in [0.29, 0.717) is 37.9 Å². The third-order valence-corrected chi connectivity index (χ3v) is 8.30. The van der Waals surface area contributed by atoms with E-state index in [1.54, 1.807) is 18.2 Å². The number of nitrogens with one attached hydrogen (secondary N) is 1. The standard InChI is InChI=1S/C25H28N4O5S/c1-2-18-8-10-19(11-9-18)25(32)27-14-4-3-7-23(31)28-15-12-21-24(28)22(30)17-29(21)35(33,34)20-6-5-13-26-16-20/h2,5-6,8-11,13,16,21,24H,1,3-4,7,12,14-15,17H2,(H,27,32). The Morgan fingerprint density at radius 2 is 1.94 bits per heavy atom. The van der Waals surface area contributed by atoms with Crippen molar-refractivity contribution in [2.45, 2.75) is 42.7 Å². The summed E-state index contributed by atoms with van der Waals surface area (Å²) in [6, 6.07) is 8.79. The average molecular weight is 497 g/mol. The number of aromatic nitrogens is 1. The number of carbonyl (C=O) groups excluding carboxylic acids is 3. The number of pyridine rings is 1. The fourth-order valence-corrected chi connectivity index (χ4v) is 6.22. The van der Waals surface area contributed by atoms with Crippen LogP contribution in [0.15, 0.2) is 60.3 Å². The molecule has 2 amide bonds. The van der Waals surface area contributed by atoms with Gasteiger partial charge in [0.1, 0.15) is 10.9 Å². The van der Waals surface area contributed by atoms with Gasteiger partial charge in [-0.3, -0.25) is 19.4 Å². The maximum absolute atomic E-state index is 13.0. The molecule has 2 aliphatic rings. The van der Waals surface area contributed by atoms with E-state index in [2.05, 4.69) is 16.9 Å². The maximum atomic E-state index is 13.0. The van der Waals surface area contributed by atoms with Crippen molar-refractivity contribution in [3.63, 3.8) is 0 Å². The molecule has 1 aromatic carbocycles. The molecule has 0 aliphatic carbocycles.